The highest BCUT2D eigenvalue weighted by Crippen LogP contribution is 2.17. The molecular formula is C7H9ClF2N4O. The molecule has 8 heteroatoms. The Hall–Kier alpha value is -1.21. The third kappa shape index (κ3) is 3.14. The van der Waals surface area contributed by atoms with E-state index >= 15 is 0 Å². The highest BCUT2D eigenvalue weighted by molar-refractivity contribution is 6.32. The monoisotopic (exact) mass is 238 g/mol. The summed E-state index contributed by atoms with van der Waals surface area (Å²) >= 11 is 5.54. The van der Waals surface area contributed by atoms with Crippen LogP contribution >= 0.6 is 11.6 Å². The molecule has 15 heavy (non-hydrogen) atoms. The zero-order valence-electron chi connectivity index (χ0n) is 7.56. The molecule has 0 saturated carbocycles. The summed E-state index contributed by atoms with van der Waals surface area (Å²) in [4.78, 5) is 10.9. The Labute approximate surface area is 88.6 Å². The van der Waals surface area contributed by atoms with Gasteiger partial charge < -0.3 is 11.1 Å². The number of halogens is 3. The third-order valence-electron chi connectivity index (χ3n) is 1.63. The minimum Gasteiger partial charge on any atom is -0.376 e. The number of hydrogen-bond acceptors (Lipinski definition) is 4. The van der Waals surface area contributed by atoms with E-state index in [1.54, 1.807) is 0 Å². The Morgan fingerprint density at radius 3 is 2.93 bits per heavy atom. The molecule has 0 atom stereocenters. The summed E-state index contributed by atoms with van der Waals surface area (Å²) in [6, 6.07) is 0. The quantitative estimate of drug-likeness (QED) is 0.710. The Morgan fingerprint density at radius 1 is 1.67 bits per heavy atom. The highest BCUT2D eigenvalue weighted by Gasteiger charge is 2.26. The number of nitrogens with zero attached hydrogens (tertiary/aromatic N) is 1. The lowest BCUT2D eigenvalue weighted by Crippen LogP contribution is -2.35. The van der Waals surface area contributed by atoms with Crippen LogP contribution in [0, 0.1) is 0 Å². The molecule has 4 N–H and O–H groups in total. The summed E-state index contributed by atoms with van der Waals surface area (Å²) in [7, 11) is 0. The van der Waals surface area contributed by atoms with Gasteiger partial charge in [0.1, 0.15) is 5.02 Å². The van der Waals surface area contributed by atoms with Crippen LogP contribution in [-0.2, 0) is 0 Å². The first-order chi connectivity index (χ1) is 6.96. The summed E-state index contributed by atoms with van der Waals surface area (Å²) in [5.74, 6) is -3.05. The van der Waals surface area contributed by atoms with Gasteiger partial charge in [0.05, 0.1) is 25.0 Å². The maximum absolute atomic E-state index is 12.7. The van der Waals surface area contributed by atoms with E-state index in [4.69, 9.17) is 17.3 Å². The van der Waals surface area contributed by atoms with Crippen LogP contribution in [0.2, 0.25) is 5.02 Å². The molecule has 5 nitrogen and oxygen atoms in total. The normalized spacial score (nSPS) is 11.5. The zero-order valence-corrected chi connectivity index (χ0v) is 8.31. The molecule has 0 amide bonds. The molecule has 1 rings (SSSR count). The molecule has 0 bridgehead atoms. The van der Waals surface area contributed by atoms with E-state index in [1.807, 2.05) is 0 Å². The molecule has 1 aromatic heterocycles. The molecule has 0 unspecified atom stereocenters. The summed E-state index contributed by atoms with van der Waals surface area (Å²) in [5, 5.41) is 7.56. The van der Waals surface area contributed by atoms with Crippen molar-refractivity contribution in [2.24, 2.45) is 5.73 Å². The number of anilines is 1. The molecule has 84 valence electrons. The molecule has 0 aromatic carbocycles. The fourth-order valence-electron chi connectivity index (χ4n) is 0.803. The molecule has 1 heterocycles. The molecule has 0 saturated heterocycles. The predicted octanol–water partition coefficient (Wildman–Crippen LogP) is 0.429. The molecule has 0 aliphatic heterocycles. The van der Waals surface area contributed by atoms with Gasteiger partial charge in [-0.2, -0.15) is 5.10 Å². The first-order valence-corrected chi connectivity index (χ1v) is 4.39. The van der Waals surface area contributed by atoms with Gasteiger partial charge in [0.15, 0.2) is 0 Å². The fraction of sp³-hybridized carbons (Fsp3) is 0.429. The smallest absolute Gasteiger partial charge is 0.285 e. The van der Waals surface area contributed by atoms with Crippen LogP contribution in [0.25, 0.3) is 0 Å². The molecule has 1 aromatic rings. The number of rotatable bonds is 4. The van der Waals surface area contributed by atoms with Gasteiger partial charge in [-0.05, 0) is 0 Å². The van der Waals surface area contributed by atoms with E-state index in [1.165, 1.54) is 0 Å². The van der Waals surface area contributed by atoms with Gasteiger partial charge in [-0.3, -0.25) is 4.79 Å². The van der Waals surface area contributed by atoms with Crippen LogP contribution in [0.5, 0.6) is 0 Å². The van der Waals surface area contributed by atoms with Gasteiger partial charge in [-0.25, -0.2) is 13.9 Å². The van der Waals surface area contributed by atoms with E-state index in [0.717, 1.165) is 6.20 Å². The maximum atomic E-state index is 12.7. The van der Waals surface area contributed by atoms with Crippen LogP contribution in [0.1, 0.15) is 0 Å². The third-order valence-corrected chi connectivity index (χ3v) is 2.01. The van der Waals surface area contributed by atoms with Crippen molar-refractivity contribution in [3.05, 3.63) is 21.6 Å². The number of aromatic nitrogens is 2. The second-order valence-electron chi connectivity index (χ2n) is 2.84. The summed E-state index contributed by atoms with van der Waals surface area (Å²) in [6.45, 7) is -1.48. The number of nitrogens with two attached hydrogens (primary N) is 1. The van der Waals surface area contributed by atoms with Crippen molar-refractivity contribution in [3.63, 3.8) is 0 Å². The highest BCUT2D eigenvalue weighted by atomic mass is 35.5. The zero-order chi connectivity index (χ0) is 11.5. The van der Waals surface area contributed by atoms with E-state index < -0.39 is 24.6 Å². The second-order valence-corrected chi connectivity index (χ2v) is 3.22. The van der Waals surface area contributed by atoms with Gasteiger partial charge in [0.25, 0.3) is 11.5 Å². The van der Waals surface area contributed by atoms with Gasteiger partial charge >= 0.3 is 0 Å². The van der Waals surface area contributed by atoms with Crippen molar-refractivity contribution < 1.29 is 8.78 Å². The van der Waals surface area contributed by atoms with Crippen molar-refractivity contribution >= 4 is 17.3 Å². The maximum Gasteiger partial charge on any atom is 0.285 e. The molecular weight excluding hydrogens is 230 g/mol. The molecule has 0 aliphatic carbocycles. The topological polar surface area (TPSA) is 83.8 Å². The van der Waals surface area contributed by atoms with Crippen LogP contribution in [-0.4, -0.2) is 29.2 Å². The van der Waals surface area contributed by atoms with Gasteiger partial charge in [-0.1, -0.05) is 11.6 Å². The summed E-state index contributed by atoms with van der Waals surface area (Å²) in [6.07, 6.45) is 1.15. The largest absolute Gasteiger partial charge is 0.376 e. The molecule has 0 spiro atoms. The standard InChI is InChI=1S/C7H9ClF2N4O/c8-5-4(1-13-14-6(5)15)12-3-7(9,10)2-11/h1H,2-3,11H2,(H2,12,14,15). The molecule has 0 radical (unpaired) electrons. The van der Waals surface area contributed by atoms with Gasteiger partial charge in [-0.15, -0.1) is 0 Å². The lowest BCUT2D eigenvalue weighted by molar-refractivity contribution is 0.0254. The number of alkyl halides is 2. The minimum atomic E-state index is -3.05. The number of aromatic amines is 1. The number of nitrogens with one attached hydrogen (secondary N) is 2. The fourth-order valence-corrected chi connectivity index (χ4v) is 0.961. The van der Waals surface area contributed by atoms with E-state index in [-0.39, 0.29) is 10.7 Å². The predicted molar refractivity (Wildman–Crippen MR) is 52.4 cm³/mol. The van der Waals surface area contributed by atoms with Crippen LogP contribution < -0.4 is 16.6 Å². The van der Waals surface area contributed by atoms with Gasteiger partial charge in [0.2, 0.25) is 0 Å². The Balaban J connectivity index is 2.74. The lowest BCUT2D eigenvalue weighted by Gasteiger charge is -2.15. The van der Waals surface area contributed by atoms with Crippen LogP contribution in [0.3, 0.4) is 0 Å². The second kappa shape index (κ2) is 4.54. The minimum absolute atomic E-state index is 0.0496. The van der Waals surface area contributed by atoms with Crippen molar-refractivity contribution in [1.82, 2.24) is 10.2 Å². The van der Waals surface area contributed by atoms with E-state index in [2.05, 4.69) is 15.5 Å². The van der Waals surface area contributed by atoms with Crippen LogP contribution in [0.15, 0.2) is 11.0 Å². The van der Waals surface area contributed by atoms with E-state index in [9.17, 15) is 13.6 Å². The number of hydrogen-bond donors (Lipinski definition) is 3. The van der Waals surface area contributed by atoms with Crippen LogP contribution in [0.4, 0.5) is 14.5 Å². The van der Waals surface area contributed by atoms with Gasteiger partial charge in [0, 0.05) is 0 Å². The number of H-pyrrole nitrogens is 1. The Kier molecular flexibility index (Phi) is 3.59. The van der Waals surface area contributed by atoms with E-state index in [0.29, 0.717) is 0 Å². The Morgan fingerprint density at radius 2 is 2.33 bits per heavy atom. The molecule has 0 aliphatic rings. The first-order valence-electron chi connectivity index (χ1n) is 4.01. The Bertz CT molecular complexity index is 395. The SMILES string of the molecule is NCC(F)(F)CNc1cn[nH]c(=O)c1Cl. The average molecular weight is 239 g/mol. The summed E-state index contributed by atoms with van der Waals surface area (Å²) in [5.41, 5.74) is 4.24. The molecule has 0 fully saturated rings. The summed E-state index contributed by atoms with van der Waals surface area (Å²) < 4.78 is 25.5. The lowest BCUT2D eigenvalue weighted by atomic mass is 10.3. The van der Waals surface area contributed by atoms with Crippen molar-refractivity contribution in [3.8, 4) is 0 Å². The average Bonchev–Trinajstić information content (AvgIpc) is 2.20. The first kappa shape index (κ1) is 11.9. The van der Waals surface area contributed by atoms with Crippen molar-refractivity contribution in [2.45, 2.75) is 5.92 Å². The van der Waals surface area contributed by atoms with Crippen molar-refractivity contribution in [2.75, 3.05) is 18.4 Å². The van der Waals surface area contributed by atoms with Crippen molar-refractivity contribution in [1.29, 1.82) is 0 Å².